The molecular formula is C15H24ClN3O5S2. The van der Waals surface area contributed by atoms with Crippen molar-refractivity contribution in [3.8, 4) is 0 Å². The van der Waals surface area contributed by atoms with Gasteiger partial charge in [-0.25, -0.2) is 21.6 Å². The van der Waals surface area contributed by atoms with Gasteiger partial charge < -0.3 is 10.6 Å². The Morgan fingerprint density at radius 1 is 1.15 bits per heavy atom. The predicted octanol–water partition coefficient (Wildman–Crippen LogP) is 0.430. The first kappa shape index (κ1) is 22.8. The molecule has 1 aromatic rings. The maximum absolute atomic E-state index is 12.8. The molecule has 1 fully saturated rings. The summed E-state index contributed by atoms with van der Waals surface area (Å²) < 4.78 is 49.4. The molecule has 0 radical (unpaired) electrons. The zero-order valence-electron chi connectivity index (χ0n) is 14.8. The van der Waals surface area contributed by atoms with Crippen LogP contribution in [-0.4, -0.2) is 53.9 Å². The molecule has 26 heavy (non-hydrogen) atoms. The maximum Gasteiger partial charge on any atom is 0.245 e. The number of amides is 1. The Morgan fingerprint density at radius 3 is 2.23 bits per heavy atom. The Morgan fingerprint density at radius 2 is 1.73 bits per heavy atom. The Labute approximate surface area is 160 Å². The van der Waals surface area contributed by atoms with Crippen LogP contribution in [0.1, 0.15) is 18.4 Å². The van der Waals surface area contributed by atoms with Crippen molar-refractivity contribution in [2.24, 2.45) is 0 Å². The molecule has 0 aliphatic carbocycles. The highest BCUT2D eigenvalue weighted by atomic mass is 35.5. The second-order valence-corrected chi connectivity index (χ2v) is 10.3. The van der Waals surface area contributed by atoms with Gasteiger partial charge in [0.05, 0.1) is 4.90 Å². The molecule has 0 saturated carbocycles. The number of halogens is 1. The van der Waals surface area contributed by atoms with Crippen LogP contribution in [0.5, 0.6) is 0 Å². The fourth-order valence-corrected chi connectivity index (χ4v) is 5.25. The van der Waals surface area contributed by atoms with Crippen molar-refractivity contribution in [3.05, 3.63) is 23.8 Å². The van der Waals surface area contributed by atoms with E-state index >= 15 is 0 Å². The number of sulfonamides is 1. The molecule has 0 aromatic heterocycles. The lowest BCUT2D eigenvalue weighted by Gasteiger charge is -2.34. The number of nitrogens with one attached hydrogen (secondary N) is 3. The third kappa shape index (κ3) is 4.37. The van der Waals surface area contributed by atoms with E-state index in [4.69, 9.17) is 0 Å². The molecule has 1 aromatic carbocycles. The first-order chi connectivity index (χ1) is 11.5. The van der Waals surface area contributed by atoms with E-state index in [0.29, 0.717) is 18.7 Å². The molecule has 1 aliphatic heterocycles. The first-order valence-corrected chi connectivity index (χ1v) is 11.2. The third-order valence-corrected chi connectivity index (χ3v) is 8.11. The Bertz CT molecular complexity index is 879. The van der Waals surface area contributed by atoms with Crippen LogP contribution in [0, 0.1) is 6.92 Å². The number of anilines is 1. The van der Waals surface area contributed by atoms with Crippen LogP contribution in [0.2, 0.25) is 0 Å². The number of benzene rings is 1. The maximum atomic E-state index is 12.8. The molecule has 148 valence electrons. The number of rotatable bonds is 5. The van der Waals surface area contributed by atoms with Crippen molar-refractivity contribution in [2.45, 2.75) is 29.4 Å². The van der Waals surface area contributed by atoms with Crippen molar-refractivity contribution in [2.75, 3.05) is 31.7 Å². The lowest BCUT2D eigenvalue weighted by atomic mass is 9.95. The van der Waals surface area contributed by atoms with Gasteiger partial charge in [-0.15, -0.1) is 12.4 Å². The summed E-state index contributed by atoms with van der Waals surface area (Å²) in [5, 5.41) is 5.63. The summed E-state index contributed by atoms with van der Waals surface area (Å²) in [6, 6.07) is 4.45. The van der Waals surface area contributed by atoms with Gasteiger partial charge in [0.1, 0.15) is 0 Å². The van der Waals surface area contributed by atoms with Gasteiger partial charge in [-0.1, -0.05) is 6.07 Å². The summed E-state index contributed by atoms with van der Waals surface area (Å²) in [5.74, 6) is -0.631. The molecule has 8 nitrogen and oxygen atoms in total. The Balaban J connectivity index is 0.00000338. The SMILES string of the molecule is CNS(=O)(=O)c1cc(NC(=O)C2(S(C)(=O)=O)CCNCC2)ccc1C.Cl. The highest BCUT2D eigenvalue weighted by Crippen LogP contribution is 2.30. The van der Waals surface area contributed by atoms with Crippen LogP contribution in [0.25, 0.3) is 0 Å². The molecule has 3 N–H and O–H groups in total. The van der Waals surface area contributed by atoms with Gasteiger partial charge in [-0.3, -0.25) is 4.79 Å². The summed E-state index contributed by atoms with van der Waals surface area (Å²) in [7, 11) is -6.03. The predicted molar refractivity (Wildman–Crippen MR) is 103 cm³/mol. The highest BCUT2D eigenvalue weighted by Gasteiger charge is 2.48. The van der Waals surface area contributed by atoms with Gasteiger partial charge in [-0.2, -0.15) is 0 Å². The fraction of sp³-hybridized carbons (Fsp3) is 0.533. The van der Waals surface area contributed by atoms with E-state index in [9.17, 15) is 21.6 Å². The zero-order chi connectivity index (χ0) is 18.9. The largest absolute Gasteiger partial charge is 0.325 e. The molecule has 0 unspecified atom stereocenters. The molecule has 0 spiro atoms. The summed E-state index contributed by atoms with van der Waals surface area (Å²) in [6.07, 6.45) is 1.40. The fourth-order valence-electron chi connectivity index (χ4n) is 2.92. The standard InChI is InChI=1S/C15H23N3O5S2.ClH/c1-11-4-5-12(10-13(11)25(22,23)16-2)18-14(19)15(24(3,20)21)6-8-17-9-7-15;/h4-5,10,16-17H,6-9H2,1-3H3,(H,18,19);1H. The first-order valence-electron chi connectivity index (χ1n) is 7.79. The van der Waals surface area contributed by atoms with Crippen molar-refractivity contribution < 1.29 is 21.6 Å². The van der Waals surface area contributed by atoms with Crippen LogP contribution in [-0.2, 0) is 24.7 Å². The minimum Gasteiger partial charge on any atom is -0.325 e. The Kier molecular flexibility index (Phi) is 7.22. The number of hydrogen-bond acceptors (Lipinski definition) is 6. The Hall–Kier alpha value is -1.20. The number of piperidine rings is 1. The van der Waals surface area contributed by atoms with E-state index < -0.39 is 30.5 Å². The van der Waals surface area contributed by atoms with Gasteiger partial charge in [0, 0.05) is 11.9 Å². The molecule has 0 bridgehead atoms. The van der Waals surface area contributed by atoms with E-state index in [1.807, 2.05) is 0 Å². The van der Waals surface area contributed by atoms with Crippen LogP contribution < -0.4 is 15.4 Å². The van der Waals surface area contributed by atoms with Crippen molar-refractivity contribution in [3.63, 3.8) is 0 Å². The number of sulfone groups is 1. The van der Waals surface area contributed by atoms with Crippen LogP contribution >= 0.6 is 12.4 Å². The molecule has 1 aliphatic rings. The number of aryl methyl sites for hydroxylation is 1. The smallest absolute Gasteiger partial charge is 0.245 e. The van der Waals surface area contributed by atoms with Gasteiger partial charge in [0.25, 0.3) is 0 Å². The van der Waals surface area contributed by atoms with Crippen molar-refractivity contribution in [1.82, 2.24) is 10.0 Å². The van der Waals surface area contributed by atoms with Gasteiger partial charge in [-0.05, 0) is 57.6 Å². The molecule has 11 heteroatoms. The van der Waals surface area contributed by atoms with E-state index in [1.165, 1.54) is 13.1 Å². The minimum atomic E-state index is -3.69. The molecule has 1 heterocycles. The van der Waals surface area contributed by atoms with Gasteiger partial charge in [0.2, 0.25) is 15.9 Å². The molecule has 2 rings (SSSR count). The van der Waals surface area contributed by atoms with Gasteiger partial charge >= 0.3 is 0 Å². The van der Waals surface area contributed by atoms with Crippen molar-refractivity contribution in [1.29, 1.82) is 0 Å². The minimum absolute atomic E-state index is 0. The third-order valence-electron chi connectivity index (χ3n) is 4.54. The second kappa shape index (κ2) is 8.22. The lowest BCUT2D eigenvalue weighted by molar-refractivity contribution is -0.119. The number of hydrogen-bond donors (Lipinski definition) is 3. The summed E-state index contributed by atoms with van der Waals surface area (Å²) in [4.78, 5) is 12.8. The molecular weight excluding hydrogens is 402 g/mol. The molecule has 1 amide bonds. The van der Waals surface area contributed by atoms with E-state index in [1.54, 1.807) is 19.1 Å². The zero-order valence-corrected chi connectivity index (χ0v) is 17.3. The molecule has 1 saturated heterocycles. The highest BCUT2D eigenvalue weighted by molar-refractivity contribution is 7.93. The van der Waals surface area contributed by atoms with E-state index in [-0.39, 0.29) is 35.8 Å². The lowest BCUT2D eigenvalue weighted by Crippen LogP contribution is -2.55. The van der Waals surface area contributed by atoms with Crippen LogP contribution in [0.4, 0.5) is 5.69 Å². The van der Waals surface area contributed by atoms with E-state index in [0.717, 1.165) is 6.26 Å². The average Bonchev–Trinajstić information content (AvgIpc) is 2.56. The number of carbonyl (C=O) groups is 1. The van der Waals surface area contributed by atoms with Crippen LogP contribution in [0.15, 0.2) is 23.1 Å². The summed E-state index contributed by atoms with van der Waals surface area (Å²) >= 11 is 0. The van der Waals surface area contributed by atoms with Gasteiger partial charge in [0.15, 0.2) is 14.6 Å². The van der Waals surface area contributed by atoms with Crippen LogP contribution in [0.3, 0.4) is 0 Å². The van der Waals surface area contributed by atoms with E-state index in [2.05, 4.69) is 15.4 Å². The second-order valence-electron chi connectivity index (χ2n) is 6.16. The monoisotopic (exact) mass is 425 g/mol. The normalized spacial score (nSPS) is 17.2. The summed E-state index contributed by atoms with van der Waals surface area (Å²) in [5.41, 5.74) is 0.762. The summed E-state index contributed by atoms with van der Waals surface area (Å²) in [6.45, 7) is 2.49. The molecule has 0 atom stereocenters. The quantitative estimate of drug-likeness (QED) is 0.629. The van der Waals surface area contributed by atoms with Crippen molar-refractivity contribution >= 4 is 43.9 Å². The number of carbonyl (C=O) groups excluding carboxylic acids is 1. The average molecular weight is 426 g/mol. The topological polar surface area (TPSA) is 121 Å².